The van der Waals surface area contributed by atoms with Gasteiger partial charge in [-0.25, -0.2) is 0 Å². The number of nitrogens with one attached hydrogen (secondary N) is 1. The van der Waals surface area contributed by atoms with Crippen LogP contribution in [0.2, 0.25) is 0 Å². The molecule has 1 N–H and O–H groups in total. The molecule has 100 valence electrons. The molecule has 3 heteroatoms. The van der Waals surface area contributed by atoms with E-state index in [-0.39, 0.29) is 0 Å². The Bertz CT molecular complexity index is 210. The summed E-state index contributed by atoms with van der Waals surface area (Å²) in [6.45, 7) is 1.87. The quantitative estimate of drug-likeness (QED) is 0.749. The van der Waals surface area contributed by atoms with Gasteiger partial charge in [0.1, 0.15) is 0 Å². The molecular formula is C14H28N2O. The third kappa shape index (κ3) is 5.53. The van der Waals surface area contributed by atoms with E-state index in [2.05, 4.69) is 5.32 Å². The summed E-state index contributed by atoms with van der Waals surface area (Å²) < 4.78 is 0. The number of rotatable bonds is 5. The first kappa shape index (κ1) is 14.5. The summed E-state index contributed by atoms with van der Waals surface area (Å²) in [5.41, 5.74) is 0. The first-order valence-corrected chi connectivity index (χ1v) is 7.15. The number of hydrogen-bond acceptors (Lipinski definition) is 2. The van der Waals surface area contributed by atoms with Crippen molar-refractivity contribution in [3.05, 3.63) is 0 Å². The molecule has 1 saturated carbocycles. The number of amides is 1. The summed E-state index contributed by atoms with van der Waals surface area (Å²) in [7, 11) is 3.91. The molecule has 0 atom stereocenters. The van der Waals surface area contributed by atoms with Gasteiger partial charge >= 0.3 is 0 Å². The molecule has 1 fully saturated rings. The molecule has 0 heterocycles. The Kier molecular flexibility index (Phi) is 7.25. The maximum Gasteiger partial charge on any atom is 0.225 e. The van der Waals surface area contributed by atoms with Gasteiger partial charge in [0.25, 0.3) is 0 Å². The Morgan fingerprint density at radius 3 is 2.35 bits per heavy atom. The second kappa shape index (κ2) is 8.51. The van der Waals surface area contributed by atoms with Crippen LogP contribution in [0.4, 0.5) is 0 Å². The zero-order valence-electron chi connectivity index (χ0n) is 11.5. The van der Waals surface area contributed by atoms with Gasteiger partial charge in [-0.05, 0) is 32.9 Å². The van der Waals surface area contributed by atoms with E-state index in [4.69, 9.17) is 0 Å². The maximum absolute atomic E-state index is 12.3. The first-order valence-electron chi connectivity index (χ1n) is 7.15. The van der Waals surface area contributed by atoms with Crippen LogP contribution in [0.5, 0.6) is 0 Å². The Morgan fingerprint density at radius 1 is 1.18 bits per heavy atom. The number of carbonyl (C=O) groups excluding carboxylic acids is 1. The lowest BCUT2D eigenvalue weighted by Crippen LogP contribution is -2.35. The fraction of sp³-hybridized carbons (Fsp3) is 0.929. The zero-order chi connectivity index (χ0) is 12.5. The van der Waals surface area contributed by atoms with E-state index in [0.29, 0.717) is 11.8 Å². The Balaban J connectivity index is 2.32. The lowest BCUT2D eigenvalue weighted by atomic mass is 9.90. The average molecular weight is 240 g/mol. The minimum atomic E-state index is 0.301. The second-order valence-corrected chi connectivity index (χ2v) is 5.26. The molecule has 0 aromatic carbocycles. The molecule has 3 nitrogen and oxygen atoms in total. The molecule has 1 rings (SSSR count). The standard InChI is InChI=1S/C14H28N2O/c1-15-11-8-12-16(2)14(17)13-9-6-4-3-5-7-10-13/h13,15H,3-12H2,1-2H3. The molecule has 0 saturated heterocycles. The molecule has 0 aliphatic heterocycles. The van der Waals surface area contributed by atoms with Crippen molar-refractivity contribution in [2.75, 3.05) is 27.2 Å². The van der Waals surface area contributed by atoms with Gasteiger partial charge in [0, 0.05) is 19.5 Å². The van der Waals surface area contributed by atoms with Crippen molar-refractivity contribution in [3.63, 3.8) is 0 Å². The highest BCUT2D eigenvalue weighted by molar-refractivity contribution is 5.78. The smallest absolute Gasteiger partial charge is 0.225 e. The van der Waals surface area contributed by atoms with E-state index in [1.807, 2.05) is 19.0 Å². The third-order valence-corrected chi connectivity index (χ3v) is 3.75. The summed E-state index contributed by atoms with van der Waals surface area (Å²) in [6, 6.07) is 0. The van der Waals surface area contributed by atoms with Gasteiger partial charge in [-0.2, -0.15) is 0 Å². The molecule has 0 radical (unpaired) electrons. The molecule has 1 aliphatic rings. The fourth-order valence-corrected chi connectivity index (χ4v) is 2.62. The van der Waals surface area contributed by atoms with Crippen LogP contribution in [0.15, 0.2) is 0 Å². The van der Waals surface area contributed by atoms with Crippen LogP contribution in [-0.4, -0.2) is 38.0 Å². The number of hydrogen-bond donors (Lipinski definition) is 1. The fourth-order valence-electron chi connectivity index (χ4n) is 2.62. The monoisotopic (exact) mass is 240 g/mol. The lowest BCUT2D eigenvalue weighted by molar-refractivity contribution is -0.134. The van der Waals surface area contributed by atoms with E-state index in [0.717, 1.165) is 32.4 Å². The second-order valence-electron chi connectivity index (χ2n) is 5.26. The molecular weight excluding hydrogens is 212 g/mol. The number of nitrogens with zero attached hydrogens (tertiary/aromatic N) is 1. The molecule has 0 aromatic rings. The van der Waals surface area contributed by atoms with E-state index in [1.165, 1.54) is 32.1 Å². The van der Waals surface area contributed by atoms with E-state index >= 15 is 0 Å². The highest BCUT2D eigenvalue weighted by Gasteiger charge is 2.21. The van der Waals surface area contributed by atoms with Crippen molar-refractivity contribution < 1.29 is 4.79 Å². The van der Waals surface area contributed by atoms with Gasteiger partial charge in [0.2, 0.25) is 5.91 Å². The van der Waals surface area contributed by atoms with Gasteiger partial charge in [0.15, 0.2) is 0 Å². The van der Waals surface area contributed by atoms with Crippen LogP contribution in [-0.2, 0) is 4.79 Å². The van der Waals surface area contributed by atoms with Crippen LogP contribution in [0.3, 0.4) is 0 Å². The van der Waals surface area contributed by atoms with Crippen molar-refractivity contribution in [1.82, 2.24) is 10.2 Å². The predicted molar refractivity (Wildman–Crippen MR) is 72.0 cm³/mol. The molecule has 17 heavy (non-hydrogen) atoms. The predicted octanol–water partition coefficient (Wildman–Crippen LogP) is 2.41. The Hall–Kier alpha value is -0.570. The molecule has 1 amide bonds. The van der Waals surface area contributed by atoms with Crippen molar-refractivity contribution in [1.29, 1.82) is 0 Å². The van der Waals surface area contributed by atoms with Crippen molar-refractivity contribution in [2.24, 2.45) is 5.92 Å². The van der Waals surface area contributed by atoms with Crippen LogP contribution >= 0.6 is 0 Å². The van der Waals surface area contributed by atoms with Gasteiger partial charge < -0.3 is 10.2 Å². The van der Waals surface area contributed by atoms with Crippen LogP contribution < -0.4 is 5.32 Å². The first-order chi connectivity index (χ1) is 8.25. The molecule has 0 aromatic heterocycles. The van der Waals surface area contributed by atoms with Crippen LogP contribution in [0.1, 0.15) is 51.4 Å². The van der Waals surface area contributed by atoms with E-state index in [1.54, 1.807) is 0 Å². The van der Waals surface area contributed by atoms with Gasteiger partial charge in [-0.1, -0.05) is 32.1 Å². The molecule has 1 aliphatic carbocycles. The van der Waals surface area contributed by atoms with E-state index < -0.39 is 0 Å². The highest BCUT2D eigenvalue weighted by Crippen LogP contribution is 2.23. The van der Waals surface area contributed by atoms with Gasteiger partial charge in [-0.3, -0.25) is 4.79 Å². The maximum atomic E-state index is 12.3. The molecule has 0 spiro atoms. The van der Waals surface area contributed by atoms with Crippen molar-refractivity contribution in [3.8, 4) is 0 Å². The van der Waals surface area contributed by atoms with Crippen LogP contribution in [0.25, 0.3) is 0 Å². The van der Waals surface area contributed by atoms with Gasteiger partial charge in [0.05, 0.1) is 0 Å². The molecule has 0 bridgehead atoms. The summed E-state index contributed by atoms with van der Waals surface area (Å²) in [5.74, 6) is 0.679. The largest absolute Gasteiger partial charge is 0.345 e. The SMILES string of the molecule is CNCCCN(C)C(=O)C1CCCCCCC1. The van der Waals surface area contributed by atoms with E-state index in [9.17, 15) is 4.79 Å². The Labute approximate surface area is 106 Å². The summed E-state index contributed by atoms with van der Waals surface area (Å²) in [5, 5.41) is 3.12. The van der Waals surface area contributed by atoms with Crippen molar-refractivity contribution in [2.45, 2.75) is 51.4 Å². The van der Waals surface area contributed by atoms with Crippen LogP contribution in [0, 0.1) is 5.92 Å². The highest BCUT2D eigenvalue weighted by atomic mass is 16.2. The lowest BCUT2D eigenvalue weighted by Gasteiger charge is -2.25. The normalized spacial score (nSPS) is 18.5. The average Bonchev–Trinajstić information content (AvgIpc) is 2.28. The third-order valence-electron chi connectivity index (χ3n) is 3.75. The topological polar surface area (TPSA) is 32.3 Å². The molecule has 0 unspecified atom stereocenters. The summed E-state index contributed by atoms with van der Waals surface area (Å²) >= 11 is 0. The number of carbonyl (C=O) groups is 1. The zero-order valence-corrected chi connectivity index (χ0v) is 11.5. The minimum Gasteiger partial charge on any atom is -0.345 e. The minimum absolute atomic E-state index is 0.301. The summed E-state index contributed by atoms with van der Waals surface area (Å²) in [4.78, 5) is 14.2. The van der Waals surface area contributed by atoms with Gasteiger partial charge in [-0.15, -0.1) is 0 Å². The van der Waals surface area contributed by atoms with Crippen molar-refractivity contribution >= 4 is 5.91 Å². The summed E-state index contributed by atoms with van der Waals surface area (Å²) in [6.07, 6.45) is 9.72. The Morgan fingerprint density at radius 2 is 1.76 bits per heavy atom.